The Morgan fingerprint density at radius 1 is 1.21 bits per heavy atom. The summed E-state index contributed by atoms with van der Waals surface area (Å²) >= 11 is 0. The minimum Gasteiger partial charge on any atom is -0.313 e. The summed E-state index contributed by atoms with van der Waals surface area (Å²) < 4.78 is 26.9. The third-order valence-corrected chi connectivity index (χ3v) is 5.26. The van der Waals surface area contributed by atoms with Crippen molar-refractivity contribution in [1.82, 2.24) is 9.62 Å². The van der Waals surface area contributed by atoms with Crippen LogP contribution in [0.5, 0.6) is 0 Å². The second kappa shape index (κ2) is 7.03. The van der Waals surface area contributed by atoms with Crippen LogP contribution in [0, 0.1) is 0 Å². The zero-order chi connectivity index (χ0) is 14.5. The van der Waals surface area contributed by atoms with E-state index in [2.05, 4.69) is 5.32 Å². The molecule has 0 bridgehead atoms. The Labute approximate surface area is 116 Å². The second-order valence-electron chi connectivity index (χ2n) is 4.69. The lowest BCUT2D eigenvalue weighted by atomic mass is 10.2. The molecule has 0 heterocycles. The van der Waals surface area contributed by atoms with Crippen LogP contribution < -0.4 is 5.32 Å². The van der Waals surface area contributed by atoms with E-state index >= 15 is 0 Å². The SMILES string of the molecule is CCNCc1ccccc1S(=O)(=O)N(CC)C(C)C. The Balaban J connectivity index is 3.20. The average molecular weight is 284 g/mol. The van der Waals surface area contributed by atoms with Crippen molar-refractivity contribution < 1.29 is 8.42 Å². The summed E-state index contributed by atoms with van der Waals surface area (Å²) in [5, 5.41) is 3.18. The standard InChI is InChI=1S/C14H24N2O2S/c1-5-15-11-13-9-7-8-10-14(13)19(17,18)16(6-2)12(3)4/h7-10,12,15H,5-6,11H2,1-4H3. The highest BCUT2D eigenvalue weighted by Gasteiger charge is 2.27. The van der Waals surface area contributed by atoms with Crippen molar-refractivity contribution in [3.05, 3.63) is 29.8 Å². The van der Waals surface area contributed by atoms with Crippen LogP contribution in [-0.4, -0.2) is 31.9 Å². The van der Waals surface area contributed by atoms with Gasteiger partial charge >= 0.3 is 0 Å². The largest absolute Gasteiger partial charge is 0.313 e. The lowest BCUT2D eigenvalue weighted by Gasteiger charge is -2.25. The van der Waals surface area contributed by atoms with Gasteiger partial charge in [-0.1, -0.05) is 32.0 Å². The van der Waals surface area contributed by atoms with E-state index in [4.69, 9.17) is 0 Å². The maximum absolute atomic E-state index is 12.7. The number of benzene rings is 1. The number of nitrogens with one attached hydrogen (secondary N) is 1. The fourth-order valence-corrected chi connectivity index (χ4v) is 3.97. The molecule has 0 aromatic heterocycles. The number of nitrogens with zero attached hydrogens (tertiary/aromatic N) is 1. The van der Waals surface area contributed by atoms with Crippen LogP contribution in [0.1, 0.15) is 33.3 Å². The minimum atomic E-state index is -3.42. The van der Waals surface area contributed by atoms with Gasteiger partial charge in [-0.05, 0) is 32.0 Å². The molecule has 1 rings (SSSR count). The van der Waals surface area contributed by atoms with Gasteiger partial charge in [0.2, 0.25) is 10.0 Å². The van der Waals surface area contributed by atoms with Crippen LogP contribution in [0.4, 0.5) is 0 Å². The first-order valence-electron chi connectivity index (χ1n) is 6.75. The van der Waals surface area contributed by atoms with Gasteiger partial charge in [0.05, 0.1) is 4.90 Å². The van der Waals surface area contributed by atoms with Crippen molar-refractivity contribution in [2.75, 3.05) is 13.1 Å². The molecular weight excluding hydrogens is 260 g/mol. The predicted molar refractivity (Wildman–Crippen MR) is 78.5 cm³/mol. The van der Waals surface area contributed by atoms with Crippen molar-refractivity contribution in [3.8, 4) is 0 Å². The summed E-state index contributed by atoms with van der Waals surface area (Å²) in [7, 11) is -3.42. The molecule has 0 saturated heterocycles. The molecule has 0 amide bonds. The highest BCUT2D eigenvalue weighted by molar-refractivity contribution is 7.89. The first kappa shape index (κ1) is 16.1. The molecule has 19 heavy (non-hydrogen) atoms. The summed E-state index contributed by atoms with van der Waals surface area (Å²) in [4.78, 5) is 0.409. The van der Waals surface area contributed by atoms with Crippen molar-refractivity contribution in [1.29, 1.82) is 0 Å². The van der Waals surface area contributed by atoms with Gasteiger partial charge in [0.15, 0.2) is 0 Å². The van der Waals surface area contributed by atoms with Gasteiger partial charge < -0.3 is 5.32 Å². The first-order valence-corrected chi connectivity index (χ1v) is 8.19. The van der Waals surface area contributed by atoms with Gasteiger partial charge in [-0.25, -0.2) is 8.42 Å². The number of hydrogen-bond donors (Lipinski definition) is 1. The number of sulfonamides is 1. The summed E-state index contributed by atoms with van der Waals surface area (Å²) in [6.45, 7) is 9.53. The zero-order valence-electron chi connectivity index (χ0n) is 12.2. The summed E-state index contributed by atoms with van der Waals surface area (Å²) in [5.74, 6) is 0. The fourth-order valence-electron chi connectivity index (χ4n) is 2.10. The molecule has 1 N–H and O–H groups in total. The number of hydrogen-bond acceptors (Lipinski definition) is 3. The highest BCUT2D eigenvalue weighted by Crippen LogP contribution is 2.21. The molecule has 5 heteroatoms. The van der Waals surface area contributed by atoms with Crippen LogP contribution in [0.25, 0.3) is 0 Å². The molecule has 0 unspecified atom stereocenters. The third-order valence-electron chi connectivity index (χ3n) is 3.01. The molecule has 108 valence electrons. The quantitative estimate of drug-likeness (QED) is 0.835. The van der Waals surface area contributed by atoms with E-state index in [-0.39, 0.29) is 6.04 Å². The van der Waals surface area contributed by atoms with E-state index in [1.54, 1.807) is 12.1 Å². The zero-order valence-corrected chi connectivity index (χ0v) is 13.0. The maximum Gasteiger partial charge on any atom is 0.243 e. The van der Waals surface area contributed by atoms with Crippen LogP contribution in [0.15, 0.2) is 29.2 Å². The Bertz CT molecular complexity index is 498. The van der Waals surface area contributed by atoms with Crippen molar-refractivity contribution in [3.63, 3.8) is 0 Å². The summed E-state index contributed by atoms with van der Waals surface area (Å²) in [6, 6.07) is 7.16. The van der Waals surface area contributed by atoms with Crippen LogP contribution in [0.2, 0.25) is 0 Å². The van der Waals surface area contributed by atoms with E-state index in [9.17, 15) is 8.42 Å². The van der Waals surface area contributed by atoms with E-state index < -0.39 is 10.0 Å². The van der Waals surface area contributed by atoms with Gasteiger partial charge in [0.25, 0.3) is 0 Å². The van der Waals surface area contributed by atoms with Gasteiger partial charge in [0, 0.05) is 19.1 Å². The van der Waals surface area contributed by atoms with E-state index in [1.807, 2.05) is 39.8 Å². The molecule has 0 saturated carbocycles. The molecule has 0 aliphatic rings. The van der Waals surface area contributed by atoms with E-state index in [0.717, 1.165) is 12.1 Å². The first-order chi connectivity index (χ1) is 8.95. The van der Waals surface area contributed by atoms with Gasteiger partial charge in [0.1, 0.15) is 0 Å². The molecule has 0 atom stereocenters. The van der Waals surface area contributed by atoms with Gasteiger partial charge in [-0.15, -0.1) is 0 Å². The van der Waals surface area contributed by atoms with E-state index in [1.165, 1.54) is 4.31 Å². The highest BCUT2D eigenvalue weighted by atomic mass is 32.2. The molecule has 0 aliphatic heterocycles. The predicted octanol–water partition coefficient (Wildman–Crippen LogP) is 2.22. The van der Waals surface area contributed by atoms with Crippen LogP contribution >= 0.6 is 0 Å². The molecule has 1 aromatic carbocycles. The molecule has 0 spiro atoms. The lowest BCUT2D eigenvalue weighted by molar-refractivity contribution is 0.368. The Kier molecular flexibility index (Phi) is 5.97. The second-order valence-corrected chi connectivity index (χ2v) is 6.55. The van der Waals surface area contributed by atoms with Crippen LogP contribution in [-0.2, 0) is 16.6 Å². The topological polar surface area (TPSA) is 49.4 Å². The smallest absolute Gasteiger partial charge is 0.243 e. The van der Waals surface area contributed by atoms with Crippen molar-refractivity contribution in [2.24, 2.45) is 0 Å². The van der Waals surface area contributed by atoms with Crippen LogP contribution in [0.3, 0.4) is 0 Å². The average Bonchev–Trinajstić information content (AvgIpc) is 2.36. The molecule has 0 fully saturated rings. The normalized spacial score (nSPS) is 12.3. The monoisotopic (exact) mass is 284 g/mol. The molecule has 1 aromatic rings. The molecular formula is C14H24N2O2S. The van der Waals surface area contributed by atoms with Crippen molar-refractivity contribution >= 4 is 10.0 Å². The maximum atomic E-state index is 12.7. The number of rotatable bonds is 7. The third kappa shape index (κ3) is 3.78. The minimum absolute atomic E-state index is 0.0396. The van der Waals surface area contributed by atoms with Gasteiger partial charge in [-0.3, -0.25) is 0 Å². The Morgan fingerprint density at radius 2 is 1.84 bits per heavy atom. The fraction of sp³-hybridized carbons (Fsp3) is 0.571. The van der Waals surface area contributed by atoms with E-state index in [0.29, 0.717) is 18.0 Å². The van der Waals surface area contributed by atoms with Gasteiger partial charge in [-0.2, -0.15) is 4.31 Å². The summed E-state index contributed by atoms with van der Waals surface area (Å²) in [6.07, 6.45) is 0. The molecule has 0 aliphatic carbocycles. The van der Waals surface area contributed by atoms with Crippen molar-refractivity contribution in [2.45, 2.75) is 45.2 Å². The Hall–Kier alpha value is -0.910. The molecule has 0 radical (unpaired) electrons. The Morgan fingerprint density at radius 3 is 2.37 bits per heavy atom. The molecule has 4 nitrogen and oxygen atoms in total. The lowest BCUT2D eigenvalue weighted by Crippen LogP contribution is -2.37. The summed E-state index contributed by atoms with van der Waals surface area (Å²) in [5.41, 5.74) is 0.823.